The Morgan fingerprint density at radius 1 is 1.21 bits per heavy atom. The van der Waals surface area contributed by atoms with Crippen molar-refractivity contribution < 1.29 is 14.4 Å². The van der Waals surface area contributed by atoms with Crippen LogP contribution in [0.25, 0.3) is 0 Å². The third-order valence-electron chi connectivity index (χ3n) is 5.17. The molecular formula is C16H18N4O3S. The molecule has 3 amide bonds. The van der Waals surface area contributed by atoms with Gasteiger partial charge in [-0.3, -0.25) is 24.6 Å². The molecule has 1 saturated carbocycles. The van der Waals surface area contributed by atoms with Gasteiger partial charge in [0.05, 0.1) is 11.8 Å². The van der Waals surface area contributed by atoms with Gasteiger partial charge in [0, 0.05) is 0 Å². The predicted molar refractivity (Wildman–Crippen MR) is 87.0 cm³/mol. The minimum atomic E-state index is -0.408. The number of fused-ring (bicyclic) bond motifs is 1. The molecule has 0 spiro atoms. The third kappa shape index (κ3) is 2.36. The van der Waals surface area contributed by atoms with E-state index in [-0.39, 0.29) is 42.0 Å². The van der Waals surface area contributed by atoms with Crippen LogP contribution in [0.15, 0.2) is 12.2 Å². The fraction of sp³-hybridized carbons (Fsp3) is 0.562. The molecule has 3 aliphatic carbocycles. The number of carbonyl (C=O) groups is 3. The number of nitrogens with one attached hydrogen (secondary N) is 1. The van der Waals surface area contributed by atoms with Gasteiger partial charge in [-0.05, 0) is 31.1 Å². The number of aromatic nitrogens is 2. The minimum Gasteiger partial charge on any atom is -0.299 e. The van der Waals surface area contributed by atoms with E-state index in [1.807, 2.05) is 6.92 Å². The number of hydrogen-bond donors (Lipinski definition) is 1. The van der Waals surface area contributed by atoms with Crippen LogP contribution in [0.2, 0.25) is 0 Å². The fourth-order valence-electron chi connectivity index (χ4n) is 4.04. The van der Waals surface area contributed by atoms with Crippen molar-refractivity contribution in [3.05, 3.63) is 17.2 Å². The lowest BCUT2D eigenvalue weighted by atomic mass is 9.63. The van der Waals surface area contributed by atoms with Crippen LogP contribution in [0.4, 0.5) is 5.13 Å². The average Bonchev–Trinajstić information content (AvgIpc) is 3.15. The quantitative estimate of drug-likeness (QED) is 0.654. The average molecular weight is 346 g/mol. The Hall–Kier alpha value is -2.09. The van der Waals surface area contributed by atoms with Crippen molar-refractivity contribution in [2.75, 3.05) is 11.9 Å². The summed E-state index contributed by atoms with van der Waals surface area (Å²) in [6, 6.07) is 0. The zero-order valence-corrected chi connectivity index (χ0v) is 14.1. The van der Waals surface area contributed by atoms with Crippen molar-refractivity contribution in [2.24, 2.45) is 23.7 Å². The molecular weight excluding hydrogens is 328 g/mol. The number of nitrogens with zero attached hydrogens (tertiary/aromatic N) is 3. The van der Waals surface area contributed by atoms with Crippen molar-refractivity contribution in [1.29, 1.82) is 0 Å². The zero-order valence-electron chi connectivity index (χ0n) is 13.3. The Bertz CT molecular complexity index is 711. The van der Waals surface area contributed by atoms with Crippen LogP contribution in [0.5, 0.6) is 0 Å². The number of aryl methyl sites for hydroxylation is 1. The molecule has 1 aliphatic heterocycles. The highest BCUT2D eigenvalue weighted by molar-refractivity contribution is 7.15. The van der Waals surface area contributed by atoms with Gasteiger partial charge in [0.2, 0.25) is 22.9 Å². The van der Waals surface area contributed by atoms with Gasteiger partial charge in [0.25, 0.3) is 0 Å². The summed E-state index contributed by atoms with van der Waals surface area (Å²) in [7, 11) is 0. The first-order valence-electron chi connectivity index (χ1n) is 8.24. The molecule has 0 unspecified atom stereocenters. The lowest BCUT2D eigenvalue weighted by Gasteiger charge is -2.38. The topological polar surface area (TPSA) is 92.3 Å². The van der Waals surface area contributed by atoms with Crippen molar-refractivity contribution >= 4 is 34.2 Å². The van der Waals surface area contributed by atoms with Gasteiger partial charge in [-0.25, -0.2) is 0 Å². The second-order valence-electron chi connectivity index (χ2n) is 6.51. The highest BCUT2D eigenvalue weighted by Crippen LogP contribution is 2.49. The Kier molecular flexibility index (Phi) is 3.71. The van der Waals surface area contributed by atoms with E-state index in [2.05, 4.69) is 27.7 Å². The largest absolute Gasteiger partial charge is 0.299 e. The molecule has 5 rings (SSSR count). The van der Waals surface area contributed by atoms with E-state index >= 15 is 0 Å². The summed E-state index contributed by atoms with van der Waals surface area (Å²) in [5.41, 5.74) is 0. The molecule has 4 aliphatic rings. The third-order valence-corrected chi connectivity index (χ3v) is 6.15. The number of anilines is 1. The molecule has 0 aromatic carbocycles. The Balaban J connectivity index is 1.46. The van der Waals surface area contributed by atoms with E-state index in [0.29, 0.717) is 5.13 Å². The molecule has 2 fully saturated rings. The minimum absolute atomic E-state index is 0.139. The van der Waals surface area contributed by atoms with Gasteiger partial charge in [0.1, 0.15) is 11.6 Å². The van der Waals surface area contributed by atoms with Crippen LogP contribution in [-0.2, 0) is 20.8 Å². The number of hydrogen-bond acceptors (Lipinski definition) is 6. The van der Waals surface area contributed by atoms with Gasteiger partial charge in [0.15, 0.2) is 0 Å². The normalized spacial score (nSPS) is 30.8. The SMILES string of the molecule is CCc1nnc(NC(=O)CN2C(=O)[C@@H]3[C@H](C2=O)[C@H]2C=C[C@H]3CC2)s1. The number of imide groups is 1. The van der Waals surface area contributed by atoms with Crippen LogP contribution in [-0.4, -0.2) is 39.4 Å². The molecule has 7 nitrogen and oxygen atoms in total. The van der Waals surface area contributed by atoms with E-state index in [1.165, 1.54) is 11.3 Å². The monoisotopic (exact) mass is 346 g/mol. The van der Waals surface area contributed by atoms with Crippen LogP contribution in [0.3, 0.4) is 0 Å². The summed E-state index contributed by atoms with van der Waals surface area (Å²) in [6.45, 7) is 1.71. The first kappa shape index (κ1) is 15.4. The van der Waals surface area contributed by atoms with Gasteiger partial charge in [-0.2, -0.15) is 0 Å². The standard InChI is InChI=1S/C16H18N4O3S/c1-2-11-18-19-16(24-11)17-10(21)7-20-14(22)12-8-3-4-9(6-5-8)13(12)15(20)23/h3-4,8-9,12-13H,2,5-7H2,1H3,(H,17,19,21)/t8-,9-,12-,13+/m0/s1. The Labute approximate surface area is 143 Å². The summed E-state index contributed by atoms with van der Waals surface area (Å²) in [6.07, 6.45) is 6.78. The summed E-state index contributed by atoms with van der Waals surface area (Å²) in [4.78, 5) is 38.6. The maximum Gasteiger partial charge on any atom is 0.246 e. The highest BCUT2D eigenvalue weighted by Gasteiger charge is 2.56. The second-order valence-corrected chi connectivity index (χ2v) is 7.57. The van der Waals surface area contributed by atoms with E-state index in [0.717, 1.165) is 29.2 Å². The van der Waals surface area contributed by atoms with Crippen molar-refractivity contribution in [3.8, 4) is 0 Å². The second kappa shape index (κ2) is 5.77. The summed E-state index contributed by atoms with van der Waals surface area (Å²) >= 11 is 1.30. The highest BCUT2D eigenvalue weighted by atomic mass is 32.1. The molecule has 8 heteroatoms. The summed E-state index contributed by atoms with van der Waals surface area (Å²) < 4.78 is 0. The van der Waals surface area contributed by atoms with Gasteiger partial charge in [-0.15, -0.1) is 10.2 Å². The molecule has 2 heterocycles. The van der Waals surface area contributed by atoms with Gasteiger partial charge < -0.3 is 0 Å². The number of likely N-dealkylation sites (tertiary alicyclic amines) is 1. The maximum absolute atomic E-state index is 12.6. The molecule has 0 radical (unpaired) electrons. The number of allylic oxidation sites excluding steroid dienone is 2. The van der Waals surface area contributed by atoms with Gasteiger partial charge in [-0.1, -0.05) is 30.4 Å². The lowest BCUT2D eigenvalue weighted by molar-refractivity contribution is -0.142. The Morgan fingerprint density at radius 2 is 1.83 bits per heavy atom. The van der Waals surface area contributed by atoms with Crippen molar-refractivity contribution in [2.45, 2.75) is 26.2 Å². The number of rotatable bonds is 4. The van der Waals surface area contributed by atoms with Crippen LogP contribution in [0, 0.1) is 23.7 Å². The van der Waals surface area contributed by atoms with E-state index < -0.39 is 5.91 Å². The molecule has 1 aromatic rings. The maximum atomic E-state index is 12.6. The van der Waals surface area contributed by atoms with E-state index in [1.54, 1.807) is 0 Å². The first-order chi connectivity index (χ1) is 11.6. The lowest BCUT2D eigenvalue weighted by Crippen LogP contribution is -2.38. The van der Waals surface area contributed by atoms with Crippen LogP contribution in [0.1, 0.15) is 24.8 Å². The molecule has 1 saturated heterocycles. The molecule has 2 bridgehead atoms. The van der Waals surface area contributed by atoms with Crippen LogP contribution < -0.4 is 5.32 Å². The fourth-order valence-corrected chi connectivity index (χ4v) is 4.74. The predicted octanol–water partition coefficient (Wildman–Crippen LogP) is 1.24. The van der Waals surface area contributed by atoms with Crippen molar-refractivity contribution in [3.63, 3.8) is 0 Å². The van der Waals surface area contributed by atoms with Crippen molar-refractivity contribution in [1.82, 2.24) is 15.1 Å². The Morgan fingerprint density at radius 3 is 2.33 bits per heavy atom. The molecule has 24 heavy (non-hydrogen) atoms. The molecule has 1 N–H and O–H groups in total. The number of carbonyl (C=O) groups excluding carboxylic acids is 3. The summed E-state index contributed by atoms with van der Waals surface area (Å²) in [5.74, 6) is -1.09. The van der Waals surface area contributed by atoms with Crippen LogP contribution >= 0.6 is 11.3 Å². The smallest absolute Gasteiger partial charge is 0.246 e. The number of amides is 3. The van der Waals surface area contributed by atoms with Gasteiger partial charge >= 0.3 is 0 Å². The molecule has 4 atom stereocenters. The summed E-state index contributed by atoms with van der Waals surface area (Å²) in [5, 5.41) is 11.7. The van der Waals surface area contributed by atoms with E-state index in [9.17, 15) is 14.4 Å². The first-order valence-corrected chi connectivity index (χ1v) is 9.06. The van der Waals surface area contributed by atoms with E-state index in [4.69, 9.17) is 0 Å². The molecule has 126 valence electrons. The zero-order chi connectivity index (χ0) is 16.8. The molecule has 1 aromatic heterocycles.